The molecule has 1 spiro atoms. The topological polar surface area (TPSA) is 29.5 Å². The predicted octanol–water partition coefficient (Wildman–Crippen LogP) is 4.16. The third-order valence-corrected chi connectivity index (χ3v) is 5.49. The number of aliphatic hydroxyl groups is 1. The zero-order valence-corrected chi connectivity index (χ0v) is 12.1. The van der Waals surface area contributed by atoms with Crippen LogP contribution in [0.1, 0.15) is 56.9 Å². The van der Waals surface area contributed by atoms with Crippen LogP contribution in [0.3, 0.4) is 0 Å². The van der Waals surface area contributed by atoms with Crippen molar-refractivity contribution >= 4 is 0 Å². The molecular formula is C17H23FO2. The molecule has 0 aromatic heterocycles. The van der Waals surface area contributed by atoms with Crippen LogP contribution in [0.5, 0.6) is 5.75 Å². The Bertz CT molecular complexity index is 482. The third kappa shape index (κ3) is 2.32. The lowest BCUT2D eigenvalue weighted by Crippen LogP contribution is -2.36. The van der Waals surface area contributed by atoms with Crippen molar-refractivity contribution in [2.24, 2.45) is 5.41 Å². The van der Waals surface area contributed by atoms with Gasteiger partial charge in [-0.3, -0.25) is 0 Å². The molecule has 3 rings (SSSR count). The van der Waals surface area contributed by atoms with Crippen LogP contribution in [0.15, 0.2) is 18.2 Å². The van der Waals surface area contributed by atoms with Crippen LogP contribution in [-0.4, -0.2) is 12.2 Å². The number of benzene rings is 1. The van der Waals surface area contributed by atoms with E-state index in [2.05, 4.69) is 0 Å². The summed E-state index contributed by atoms with van der Waals surface area (Å²) in [6.45, 7) is 0. The zero-order valence-electron chi connectivity index (χ0n) is 12.1. The van der Waals surface area contributed by atoms with Gasteiger partial charge in [0.25, 0.3) is 0 Å². The molecular weight excluding hydrogens is 255 g/mol. The minimum Gasteiger partial charge on any atom is -0.494 e. The summed E-state index contributed by atoms with van der Waals surface area (Å²) >= 11 is 0. The molecule has 0 amide bonds. The molecule has 1 aromatic carbocycles. The Hall–Kier alpha value is -1.09. The molecule has 2 aliphatic carbocycles. The van der Waals surface area contributed by atoms with Crippen LogP contribution >= 0.6 is 0 Å². The second-order valence-electron chi connectivity index (χ2n) is 6.59. The van der Waals surface area contributed by atoms with Gasteiger partial charge in [0.15, 0.2) is 11.6 Å². The number of halogens is 1. The maximum absolute atomic E-state index is 13.8. The quantitative estimate of drug-likeness (QED) is 0.880. The van der Waals surface area contributed by atoms with Crippen LogP contribution in [0.2, 0.25) is 0 Å². The van der Waals surface area contributed by atoms with Crippen LogP contribution in [0.25, 0.3) is 0 Å². The van der Waals surface area contributed by atoms with Crippen molar-refractivity contribution in [2.45, 2.75) is 57.0 Å². The minimum atomic E-state index is -0.860. The second-order valence-corrected chi connectivity index (χ2v) is 6.59. The Balaban J connectivity index is 1.78. The van der Waals surface area contributed by atoms with Gasteiger partial charge < -0.3 is 9.84 Å². The summed E-state index contributed by atoms with van der Waals surface area (Å²) in [5.74, 6) is -0.153. The number of methoxy groups -OCH3 is 1. The number of ether oxygens (including phenoxy) is 1. The van der Waals surface area contributed by atoms with Gasteiger partial charge in [-0.25, -0.2) is 4.39 Å². The fourth-order valence-electron chi connectivity index (χ4n) is 4.06. The molecule has 1 aromatic rings. The van der Waals surface area contributed by atoms with Crippen molar-refractivity contribution in [1.82, 2.24) is 0 Å². The number of hydrogen-bond acceptors (Lipinski definition) is 2. The molecule has 0 atom stereocenters. The third-order valence-electron chi connectivity index (χ3n) is 5.49. The smallest absolute Gasteiger partial charge is 0.165 e. The van der Waals surface area contributed by atoms with Gasteiger partial charge in [-0.2, -0.15) is 0 Å². The highest BCUT2D eigenvalue weighted by molar-refractivity contribution is 5.33. The van der Waals surface area contributed by atoms with E-state index in [1.165, 1.54) is 38.9 Å². The highest BCUT2D eigenvalue weighted by atomic mass is 19.1. The van der Waals surface area contributed by atoms with Gasteiger partial charge in [0.05, 0.1) is 12.7 Å². The van der Waals surface area contributed by atoms with E-state index < -0.39 is 5.60 Å². The van der Waals surface area contributed by atoms with E-state index in [-0.39, 0.29) is 11.6 Å². The number of rotatable bonds is 2. The van der Waals surface area contributed by atoms with Gasteiger partial charge in [0, 0.05) is 0 Å². The van der Waals surface area contributed by atoms with Gasteiger partial charge in [-0.15, -0.1) is 0 Å². The van der Waals surface area contributed by atoms with Gasteiger partial charge in [-0.1, -0.05) is 18.9 Å². The van der Waals surface area contributed by atoms with Crippen LogP contribution in [0.4, 0.5) is 4.39 Å². The fraction of sp³-hybridized carbons (Fsp3) is 0.647. The second kappa shape index (κ2) is 5.03. The maximum Gasteiger partial charge on any atom is 0.165 e. The maximum atomic E-state index is 13.8. The first-order valence-corrected chi connectivity index (χ1v) is 7.63. The fourth-order valence-corrected chi connectivity index (χ4v) is 4.06. The lowest BCUT2D eigenvalue weighted by molar-refractivity contribution is -0.0378. The molecule has 2 fully saturated rings. The van der Waals surface area contributed by atoms with E-state index in [1.807, 2.05) is 0 Å². The van der Waals surface area contributed by atoms with E-state index >= 15 is 0 Å². The van der Waals surface area contributed by atoms with Crippen LogP contribution < -0.4 is 4.74 Å². The summed E-state index contributed by atoms with van der Waals surface area (Å²) < 4.78 is 18.8. The van der Waals surface area contributed by atoms with Gasteiger partial charge in [0.1, 0.15) is 0 Å². The summed E-state index contributed by atoms with van der Waals surface area (Å²) in [6, 6.07) is 4.85. The Morgan fingerprint density at radius 3 is 2.25 bits per heavy atom. The Morgan fingerprint density at radius 2 is 1.70 bits per heavy atom. The molecule has 3 heteroatoms. The first-order valence-electron chi connectivity index (χ1n) is 7.63. The monoisotopic (exact) mass is 278 g/mol. The molecule has 0 aliphatic heterocycles. The summed E-state index contributed by atoms with van der Waals surface area (Å²) in [5, 5.41) is 10.9. The Morgan fingerprint density at radius 1 is 1.05 bits per heavy atom. The Kier molecular flexibility index (Phi) is 3.49. The average Bonchev–Trinajstić information content (AvgIpc) is 2.91. The summed E-state index contributed by atoms with van der Waals surface area (Å²) in [5.41, 5.74) is 0.307. The van der Waals surface area contributed by atoms with E-state index in [9.17, 15) is 9.50 Å². The molecule has 1 N–H and O–H groups in total. The average molecular weight is 278 g/mol. The SMILES string of the molecule is COc1ccc(C2(O)CCC3(CCCC3)CC2)cc1F. The van der Waals surface area contributed by atoms with Crippen molar-refractivity contribution < 1.29 is 14.2 Å². The summed E-state index contributed by atoms with van der Waals surface area (Å²) in [7, 11) is 1.46. The highest BCUT2D eigenvalue weighted by Crippen LogP contribution is 2.53. The number of hydrogen-bond donors (Lipinski definition) is 1. The first kappa shape index (κ1) is 13.9. The predicted molar refractivity (Wildman–Crippen MR) is 76.2 cm³/mol. The van der Waals surface area contributed by atoms with Crippen molar-refractivity contribution in [1.29, 1.82) is 0 Å². The summed E-state index contributed by atoms with van der Waals surface area (Å²) in [6.07, 6.45) is 8.90. The lowest BCUT2D eigenvalue weighted by atomic mass is 9.66. The lowest BCUT2D eigenvalue weighted by Gasteiger charge is -2.42. The van der Waals surface area contributed by atoms with E-state index in [0.29, 0.717) is 11.0 Å². The van der Waals surface area contributed by atoms with Crippen LogP contribution in [0, 0.1) is 11.2 Å². The largest absolute Gasteiger partial charge is 0.494 e. The van der Waals surface area contributed by atoms with Crippen molar-refractivity contribution in [3.8, 4) is 5.75 Å². The van der Waals surface area contributed by atoms with E-state index in [4.69, 9.17) is 4.74 Å². The molecule has 2 saturated carbocycles. The molecule has 0 heterocycles. The Labute approximate surface area is 120 Å². The van der Waals surface area contributed by atoms with Crippen LogP contribution in [-0.2, 0) is 5.60 Å². The molecule has 0 unspecified atom stereocenters. The molecule has 0 radical (unpaired) electrons. The normalized spacial score (nSPS) is 23.9. The molecule has 2 aliphatic rings. The van der Waals surface area contributed by atoms with Crippen molar-refractivity contribution in [2.75, 3.05) is 7.11 Å². The van der Waals surface area contributed by atoms with Crippen molar-refractivity contribution in [3.63, 3.8) is 0 Å². The highest BCUT2D eigenvalue weighted by Gasteiger charge is 2.43. The zero-order chi connectivity index (χ0) is 14.2. The van der Waals surface area contributed by atoms with E-state index in [1.54, 1.807) is 12.1 Å². The molecule has 0 bridgehead atoms. The minimum absolute atomic E-state index is 0.237. The molecule has 110 valence electrons. The molecule has 2 nitrogen and oxygen atoms in total. The standard InChI is InChI=1S/C17H23FO2/c1-20-15-5-4-13(12-14(15)18)17(19)10-8-16(9-11-17)6-2-3-7-16/h4-5,12,19H,2-3,6-11H2,1H3. The van der Waals surface area contributed by atoms with Gasteiger partial charge in [0.2, 0.25) is 0 Å². The summed E-state index contributed by atoms with van der Waals surface area (Å²) in [4.78, 5) is 0. The van der Waals surface area contributed by atoms with Gasteiger partial charge in [-0.05, 0) is 61.6 Å². The van der Waals surface area contributed by atoms with E-state index in [0.717, 1.165) is 25.7 Å². The first-order chi connectivity index (χ1) is 9.57. The molecule has 0 saturated heterocycles. The molecule has 20 heavy (non-hydrogen) atoms. The van der Waals surface area contributed by atoms with Crippen molar-refractivity contribution in [3.05, 3.63) is 29.6 Å². The van der Waals surface area contributed by atoms with Gasteiger partial charge >= 0.3 is 0 Å².